The summed E-state index contributed by atoms with van der Waals surface area (Å²) in [5.41, 5.74) is 2.00. The lowest BCUT2D eigenvalue weighted by atomic mass is 9.95. The summed E-state index contributed by atoms with van der Waals surface area (Å²) in [6, 6.07) is 9.13. The number of anilines is 1. The maximum Gasteiger partial charge on any atom is 0.338 e. The summed E-state index contributed by atoms with van der Waals surface area (Å²) in [4.78, 5) is 12.6. The minimum Gasteiger partial charge on any atom is -0.463 e. The van der Waals surface area contributed by atoms with E-state index in [1.165, 1.54) is 16.8 Å². The van der Waals surface area contributed by atoms with Crippen LogP contribution in [0.25, 0.3) is 5.70 Å². The molecule has 7 nitrogen and oxygen atoms in total. The van der Waals surface area contributed by atoms with Gasteiger partial charge in [0.05, 0.1) is 42.1 Å². The van der Waals surface area contributed by atoms with Gasteiger partial charge in [0, 0.05) is 0 Å². The molecule has 1 aromatic heterocycles. The third kappa shape index (κ3) is 3.13. The van der Waals surface area contributed by atoms with E-state index in [2.05, 4.69) is 16.5 Å². The number of carbonyl (C=O) groups is 1. The van der Waals surface area contributed by atoms with Gasteiger partial charge in [0.2, 0.25) is 0 Å². The number of allylic oxidation sites excluding steroid dienone is 1. The molecule has 0 aliphatic carbocycles. The molecule has 2 aromatic rings. The predicted molar refractivity (Wildman–Crippen MR) is 94.5 cm³/mol. The number of nitriles is 2. The first-order chi connectivity index (χ1) is 13.0. The summed E-state index contributed by atoms with van der Waals surface area (Å²) >= 11 is 0. The van der Waals surface area contributed by atoms with Gasteiger partial charge in [-0.15, -0.1) is 0 Å². The Hall–Kier alpha value is -3.65. The molecule has 2 heterocycles. The summed E-state index contributed by atoms with van der Waals surface area (Å²) < 4.78 is 20.0. The Labute approximate surface area is 155 Å². The van der Waals surface area contributed by atoms with E-state index < -0.39 is 17.8 Å². The minimum atomic E-state index is -0.643. The van der Waals surface area contributed by atoms with Crippen LogP contribution in [0.2, 0.25) is 0 Å². The van der Waals surface area contributed by atoms with Crippen molar-refractivity contribution in [3.05, 3.63) is 52.5 Å². The number of benzene rings is 1. The van der Waals surface area contributed by atoms with Crippen LogP contribution in [0.5, 0.6) is 0 Å². The number of hydrogen-bond acceptors (Lipinski definition) is 6. The molecule has 0 radical (unpaired) electrons. The van der Waals surface area contributed by atoms with Crippen LogP contribution in [0.15, 0.2) is 29.8 Å². The Kier molecular flexibility index (Phi) is 4.91. The zero-order chi connectivity index (χ0) is 19.6. The van der Waals surface area contributed by atoms with Crippen LogP contribution >= 0.6 is 0 Å². The van der Waals surface area contributed by atoms with Crippen molar-refractivity contribution in [3.63, 3.8) is 0 Å². The zero-order valence-corrected chi connectivity index (χ0v) is 14.8. The Morgan fingerprint density at radius 2 is 2.07 bits per heavy atom. The van der Waals surface area contributed by atoms with E-state index in [1.807, 2.05) is 6.07 Å². The second-order valence-electron chi connectivity index (χ2n) is 5.88. The highest BCUT2D eigenvalue weighted by Crippen LogP contribution is 2.38. The maximum atomic E-state index is 13.3. The highest BCUT2D eigenvalue weighted by molar-refractivity contribution is 5.98. The molecule has 1 atom stereocenters. The molecule has 0 amide bonds. The van der Waals surface area contributed by atoms with Gasteiger partial charge >= 0.3 is 5.97 Å². The summed E-state index contributed by atoms with van der Waals surface area (Å²) in [5, 5.41) is 26.0. The van der Waals surface area contributed by atoms with E-state index in [1.54, 1.807) is 26.0 Å². The first-order valence-electron chi connectivity index (χ1n) is 8.31. The van der Waals surface area contributed by atoms with Crippen molar-refractivity contribution < 1.29 is 13.9 Å². The molecular formula is C19H16FN5O2. The molecule has 0 bridgehead atoms. The van der Waals surface area contributed by atoms with Crippen molar-refractivity contribution in [1.29, 1.82) is 10.5 Å². The van der Waals surface area contributed by atoms with Gasteiger partial charge < -0.3 is 10.1 Å². The Bertz CT molecular complexity index is 1010. The summed E-state index contributed by atoms with van der Waals surface area (Å²) in [5.74, 6) is -0.534. The molecule has 1 N–H and O–H groups in total. The van der Waals surface area contributed by atoms with Crippen LogP contribution in [0.4, 0.5) is 10.2 Å². The third-order valence-corrected chi connectivity index (χ3v) is 4.29. The standard InChI is InChI=1S/C19H16FN5O2/c1-3-27-19(26)16-11(2)25-18(14(10-22)15(24-25)8-9-21)23-17(16)12-4-6-13(20)7-5-12/h4-7,17,23H,3,8H2,1-2H3. The fraction of sp³-hybridized carbons (Fsp3) is 0.263. The number of ether oxygens (including phenoxy) is 1. The van der Waals surface area contributed by atoms with Gasteiger partial charge in [0.1, 0.15) is 23.3 Å². The van der Waals surface area contributed by atoms with Crippen molar-refractivity contribution in [1.82, 2.24) is 9.78 Å². The van der Waals surface area contributed by atoms with E-state index in [9.17, 15) is 14.4 Å². The molecule has 3 rings (SSSR count). The van der Waals surface area contributed by atoms with E-state index in [-0.39, 0.29) is 18.6 Å². The molecule has 0 saturated carbocycles. The topological polar surface area (TPSA) is 104 Å². The molecule has 1 unspecified atom stereocenters. The number of carbonyl (C=O) groups excluding carboxylic acids is 1. The van der Waals surface area contributed by atoms with Gasteiger partial charge in [0.15, 0.2) is 0 Å². The number of hydrogen-bond donors (Lipinski definition) is 1. The van der Waals surface area contributed by atoms with Crippen LogP contribution in [0, 0.1) is 28.5 Å². The molecule has 0 fully saturated rings. The molecule has 0 saturated heterocycles. The Morgan fingerprint density at radius 1 is 1.37 bits per heavy atom. The second kappa shape index (κ2) is 7.30. The Balaban J connectivity index is 2.20. The van der Waals surface area contributed by atoms with E-state index >= 15 is 0 Å². The van der Waals surface area contributed by atoms with Crippen LogP contribution < -0.4 is 5.32 Å². The summed E-state index contributed by atoms with van der Waals surface area (Å²) in [6.07, 6.45) is -0.0339. The molecule has 1 aromatic carbocycles. The van der Waals surface area contributed by atoms with Crippen molar-refractivity contribution in [3.8, 4) is 12.1 Å². The third-order valence-electron chi connectivity index (χ3n) is 4.29. The number of esters is 1. The number of rotatable bonds is 4. The first-order valence-corrected chi connectivity index (χ1v) is 8.31. The van der Waals surface area contributed by atoms with Crippen molar-refractivity contribution in [2.45, 2.75) is 26.3 Å². The SMILES string of the molecule is CCOC(=O)C1=C(C)n2nc(CC#N)c(C#N)c2NC1c1ccc(F)cc1. The Morgan fingerprint density at radius 3 is 2.67 bits per heavy atom. The number of aromatic nitrogens is 2. The van der Waals surface area contributed by atoms with E-state index in [0.29, 0.717) is 28.3 Å². The highest BCUT2D eigenvalue weighted by atomic mass is 19.1. The largest absolute Gasteiger partial charge is 0.463 e. The minimum absolute atomic E-state index is 0.0339. The van der Waals surface area contributed by atoms with Crippen molar-refractivity contribution >= 4 is 17.5 Å². The van der Waals surface area contributed by atoms with Crippen LogP contribution in [0.3, 0.4) is 0 Å². The van der Waals surface area contributed by atoms with Gasteiger partial charge in [-0.25, -0.2) is 13.9 Å². The fourth-order valence-electron chi connectivity index (χ4n) is 3.07. The number of nitrogens with one attached hydrogen (secondary N) is 1. The van der Waals surface area contributed by atoms with Gasteiger partial charge in [-0.1, -0.05) is 12.1 Å². The monoisotopic (exact) mass is 365 g/mol. The molecule has 8 heteroatoms. The predicted octanol–water partition coefficient (Wildman–Crippen LogP) is 2.92. The molecule has 27 heavy (non-hydrogen) atoms. The first kappa shape index (κ1) is 18.2. The van der Waals surface area contributed by atoms with Crippen LogP contribution in [-0.2, 0) is 16.0 Å². The van der Waals surface area contributed by atoms with Gasteiger partial charge in [-0.3, -0.25) is 0 Å². The average Bonchev–Trinajstić information content (AvgIpc) is 3.00. The number of halogens is 1. The molecular weight excluding hydrogens is 349 g/mol. The number of nitrogens with zero attached hydrogens (tertiary/aromatic N) is 4. The van der Waals surface area contributed by atoms with Gasteiger partial charge in [0.25, 0.3) is 0 Å². The normalized spacial score (nSPS) is 15.4. The van der Waals surface area contributed by atoms with Crippen LogP contribution in [0.1, 0.15) is 36.7 Å². The van der Waals surface area contributed by atoms with Crippen LogP contribution in [-0.4, -0.2) is 22.4 Å². The lowest BCUT2D eigenvalue weighted by Crippen LogP contribution is -2.28. The summed E-state index contributed by atoms with van der Waals surface area (Å²) in [7, 11) is 0. The molecule has 0 spiro atoms. The van der Waals surface area contributed by atoms with Crippen molar-refractivity contribution in [2.24, 2.45) is 0 Å². The fourth-order valence-corrected chi connectivity index (χ4v) is 3.07. The lowest BCUT2D eigenvalue weighted by molar-refractivity contribution is -0.138. The summed E-state index contributed by atoms with van der Waals surface area (Å²) in [6.45, 7) is 3.59. The lowest BCUT2D eigenvalue weighted by Gasteiger charge is -2.29. The van der Waals surface area contributed by atoms with E-state index in [4.69, 9.17) is 10.00 Å². The van der Waals surface area contributed by atoms with Crippen molar-refractivity contribution in [2.75, 3.05) is 11.9 Å². The average molecular weight is 365 g/mol. The van der Waals surface area contributed by atoms with Gasteiger partial charge in [-0.05, 0) is 31.5 Å². The van der Waals surface area contributed by atoms with E-state index in [0.717, 1.165) is 0 Å². The highest BCUT2D eigenvalue weighted by Gasteiger charge is 2.35. The quantitative estimate of drug-likeness (QED) is 0.836. The second-order valence-corrected chi connectivity index (χ2v) is 5.88. The zero-order valence-electron chi connectivity index (χ0n) is 14.8. The van der Waals surface area contributed by atoms with Gasteiger partial charge in [-0.2, -0.15) is 15.6 Å². The maximum absolute atomic E-state index is 13.3. The smallest absolute Gasteiger partial charge is 0.338 e. The molecule has 1 aliphatic rings. The molecule has 136 valence electrons. The molecule has 1 aliphatic heterocycles. The number of fused-ring (bicyclic) bond motifs is 1.